The van der Waals surface area contributed by atoms with Crippen LogP contribution in [0.1, 0.15) is 78.1 Å². The van der Waals surface area contributed by atoms with Crippen molar-refractivity contribution in [2.75, 3.05) is 13.7 Å². The quantitative estimate of drug-likeness (QED) is 0.153. The maximum Gasteiger partial charge on any atom is 0.337 e. The van der Waals surface area contributed by atoms with Gasteiger partial charge < -0.3 is 9.47 Å². The van der Waals surface area contributed by atoms with E-state index in [1.54, 1.807) is 0 Å². The molecular formula is C34H39NO3. The number of esters is 1. The molecule has 0 aliphatic carbocycles. The minimum atomic E-state index is -0.323. The van der Waals surface area contributed by atoms with Gasteiger partial charge in [0.25, 0.3) is 0 Å². The number of nitrogens with zero attached hydrogens (tertiary/aromatic N) is 1. The maximum atomic E-state index is 11.8. The molecule has 0 saturated heterocycles. The Morgan fingerprint density at radius 2 is 1.63 bits per heavy atom. The normalized spacial score (nSPS) is 11.7. The van der Waals surface area contributed by atoms with Crippen LogP contribution in [0.3, 0.4) is 0 Å². The van der Waals surface area contributed by atoms with Gasteiger partial charge in [-0.05, 0) is 73.1 Å². The van der Waals surface area contributed by atoms with E-state index >= 15 is 0 Å². The zero-order valence-corrected chi connectivity index (χ0v) is 22.7. The summed E-state index contributed by atoms with van der Waals surface area (Å²) >= 11 is 0. The van der Waals surface area contributed by atoms with Gasteiger partial charge in [-0.2, -0.15) is 5.26 Å². The standard InChI is InChI=1S/C34H39NO3/c1-3-4-5-6-9-24-38-33-11-8-7-10-31(33)21-18-28(15-12-27-13-16-30(26-35)17-14-27)25-29-19-22-32(23-20-29)34(36)37-2/h7-8,10-11,13-14,16-23,28H,3-6,9,12,15,24-25H2,1-2H3/b21-18+. The summed E-state index contributed by atoms with van der Waals surface area (Å²) in [5, 5.41) is 9.09. The summed E-state index contributed by atoms with van der Waals surface area (Å²) in [5.74, 6) is 0.889. The van der Waals surface area contributed by atoms with Gasteiger partial charge in [0, 0.05) is 5.56 Å². The van der Waals surface area contributed by atoms with Crippen molar-refractivity contribution in [1.29, 1.82) is 5.26 Å². The van der Waals surface area contributed by atoms with Crippen molar-refractivity contribution >= 4 is 12.0 Å². The molecule has 4 heteroatoms. The minimum absolute atomic E-state index is 0.289. The van der Waals surface area contributed by atoms with Gasteiger partial charge in [-0.1, -0.05) is 87.2 Å². The number of unbranched alkanes of at least 4 members (excludes halogenated alkanes) is 4. The molecule has 0 amide bonds. The Hall–Kier alpha value is -3.84. The Bertz CT molecular complexity index is 1190. The highest BCUT2D eigenvalue weighted by atomic mass is 16.5. The maximum absolute atomic E-state index is 11.8. The van der Waals surface area contributed by atoms with Crippen LogP contribution in [0, 0.1) is 17.2 Å². The fraction of sp³-hybridized carbons (Fsp3) is 0.353. The number of ether oxygens (including phenoxy) is 2. The second-order valence-corrected chi connectivity index (χ2v) is 9.66. The van der Waals surface area contributed by atoms with Crippen molar-refractivity contribution < 1.29 is 14.3 Å². The number of carbonyl (C=O) groups is 1. The number of methoxy groups -OCH3 is 1. The van der Waals surface area contributed by atoms with E-state index in [1.807, 2.05) is 66.7 Å². The SMILES string of the molecule is CCCCCCCOc1ccccc1/C=C/C(CCc1ccc(C#N)cc1)Cc1ccc(C(=O)OC)cc1. The van der Waals surface area contributed by atoms with Crippen molar-refractivity contribution in [3.05, 3.63) is 107 Å². The smallest absolute Gasteiger partial charge is 0.337 e. The van der Waals surface area contributed by atoms with E-state index in [-0.39, 0.29) is 11.9 Å². The third-order valence-electron chi connectivity index (χ3n) is 6.73. The first-order valence-electron chi connectivity index (χ1n) is 13.7. The number of rotatable bonds is 15. The molecule has 1 atom stereocenters. The Morgan fingerprint density at radius 1 is 0.921 bits per heavy atom. The van der Waals surface area contributed by atoms with Gasteiger partial charge >= 0.3 is 5.97 Å². The molecule has 3 rings (SSSR count). The number of nitriles is 1. The summed E-state index contributed by atoms with van der Waals surface area (Å²) in [7, 11) is 1.40. The first kappa shape index (κ1) is 28.7. The number of benzene rings is 3. The molecule has 0 aromatic heterocycles. The molecule has 1 unspecified atom stereocenters. The van der Waals surface area contributed by atoms with Crippen LogP contribution in [0.5, 0.6) is 5.75 Å². The summed E-state index contributed by atoms with van der Waals surface area (Å²) < 4.78 is 11.0. The first-order valence-corrected chi connectivity index (χ1v) is 13.7. The second kappa shape index (κ2) is 16.1. The molecule has 38 heavy (non-hydrogen) atoms. The molecule has 0 aliphatic rings. The van der Waals surface area contributed by atoms with Crippen molar-refractivity contribution in [3.63, 3.8) is 0 Å². The number of para-hydroxylation sites is 1. The zero-order chi connectivity index (χ0) is 27.0. The van der Waals surface area contributed by atoms with Crippen molar-refractivity contribution in [3.8, 4) is 11.8 Å². The minimum Gasteiger partial charge on any atom is -0.493 e. The molecule has 3 aromatic rings. The lowest BCUT2D eigenvalue weighted by Gasteiger charge is -2.15. The Kier molecular flexibility index (Phi) is 12.2. The molecule has 4 nitrogen and oxygen atoms in total. The topological polar surface area (TPSA) is 59.3 Å². The van der Waals surface area contributed by atoms with E-state index < -0.39 is 0 Å². The van der Waals surface area contributed by atoms with Gasteiger partial charge in [0.05, 0.1) is 30.9 Å². The monoisotopic (exact) mass is 509 g/mol. The van der Waals surface area contributed by atoms with Gasteiger partial charge in [-0.15, -0.1) is 0 Å². The molecule has 0 saturated carbocycles. The largest absolute Gasteiger partial charge is 0.493 e. The fourth-order valence-corrected chi connectivity index (χ4v) is 4.44. The molecule has 0 N–H and O–H groups in total. The summed E-state index contributed by atoms with van der Waals surface area (Å²) in [4.78, 5) is 11.8. The van der Waals surface area contributed by atoms with Gasteiger partial charge in [0.2, 0.25) is 0 Å². The van der Waals surface area contributed by atoms with Crippen molar-refractivity contribution in [2.45, 2.75) is 58.3 Å². The van der Waals surface area contributed by atoms with Crippen LogP contribution in [0.15, 0.2) is 78.9 Å². The van der Waals surface area contributed by atoms with Crippen LogP contribution in [-0.2, 0) is 17.6 Å². The van der Waals surface area contributed by atoms with Gasteiger partial charge in [-0.3, -0.25) is 0 Å². The van der Waals surface area contributed by atoms with E-state index in [4.69, 9.17) is 14.7 Å². The van der Waals surface area contributed by atoms with E-state index in [0.717, 1.165) is 43.6 Å². The molecule has 0 aliphatic heterocycles. The lowest BCUT2D eigenvalue weighted by molar-refractivity contribution is 0.0600. The average molecular weight is 510 g/mol. The van der Waals surface area contributed by atoms with Gasteiger partial charge in [-0.25, -0.2) is 4.79 Å². The Labute approximate surface area is 227 Å². The summed E-state index contributed by atoms with van der Waals surface area (Å²) in [5.41, 5.74) is 4.71. The lowest BCUT2D eigenvalue weighted by Crippen LogP contribution is -2.05. The Balaban J connectivity index is 1.70. The van der Waals surface area contributed by atoms with Crippen LogP contribution >= 0.6 is 0 Å². The van der Waals surface area contributed by atoms with E-state index in [1.165, 1.54) is 43.9 Å². The van der Waals surface area contributed by atoms with Gasteiger partial charge in [0.1, 0.15) is 5.75 Å². The van der Waals surface area contributed by atoms with E-state index in [2.05, 4.69) is 31.2 Å². The Morgan fingerprint density at radius 3 is 2.34 bits per heavy atom. The van der Waals surface area contributed by atoms with Crippen LogP contribution in [0.4, 0.5) is 0 Å². The van der Waals surface area contributed by atoms with E-state index in [9.17, 15) is 4.79 Å². The van der Waals surface area contributed by atoms with E-state index in [0.29, 0.717) is 11.1 Å². The summed E-state index contributed by atoms with van der Waals surface area (Å²) in [6.45, 7) is 2.97. The third kappa shape index (κ3) is 9.56. The fourth-order valence-electron chi connectivity index (χ4n) is 4.44. The van der Waals surface area contributed by atoms with Crippen LogP contribution in [0.25, 0.3) is 6.08 Å². The predicted octanol–water partition coefficient (Wildman–Crippen LogP) is 8.20. The zero-order valence-electron chi connectivity index (χ0n) is 22.7. The van der Waals surface area contributed by atoms with Crippen LogP contribution < -0.4 is 4.74 Å². The molecule has 0 fully saturated rings. The van der Waals surface area contributed by atoms with Crippen molar-refractivity contribution in [1.82, 2.24) is 0 Å². The van der Waals surface area contributed by atoms with Gasteiger partial charge in [0.15, 0.2) is 0 Å². The molecule has 0 spiro atoms. The average Bonchev–Trinajstić information content (AvgIpc) is 2.97. The van der Waals surface area contributed by atoms with Crippen LogP contribution in [-0.4, -0.2) is 19.7 Å². The molecule has 3 aromatic carbocycles. The number of hydrogen-bond acceptors (Lipinski definition) is 4. The second-order valence-electron chi connectivity index (χ2n) is 9.66. The lowest BCUT2D eigenvalue weighted by atomic mass is 9.91. The van der Waals surface area contributed by atoms with Crippen molar-refractivity contribution in [2.24, 2.45) is 5.92 Å². The number of aryl methyl sites for hydroxylation is 1. The highest BCUT2D eigenvalue weighted by Gasteiger charge is 2.11. The predicted molar refractivity (Wildman–Crippen MR) is 154 cm³/mol. The number of carbonyl (C=O) groups excluding carboxylic acids is 1. The molecule has 0 bridgehead atoms. The third-order valence-corrected chi connectivity index (χ3v) is 6.73. The molecule has 0 heterocycles. The summed E-state index contributed by atoms with van der Waals surface area (Å²) in [6, 6.07) is 25.9. The molecule has 0 radical (unpaired) electrons. The summed E-state index contributed by atoms with van der Waals surface area (Å²) in [6.07, 6.45) is 13.3. The molecular weight excluding hydrogens is 470 g/mol. The number of hydrogen-bond donors (Lipinski definition) is 0. The highest BCUT2D eigenvalue weighted by Crippen LogP contribution is 2.24. The number of allylic oxidation sites excluding steroid dienone is 1. The first-order chi connectivity index (χ1) is 18.6. The molecule has 198 valence electrons. The van der Waals surface area contributed by atoms with Crippen LogP contribution in [0.2, 0.25) is 0 Å². The highest BCUT2D eigenvalue weighted by molar-refractivity contribution is 5.89.